The van der Waals surface area contributed by atoms with Crippen molar-refractivity contribution in [2.45, 2.75) is 27.7 Å². The number of nitrogens with zero attached hydrogens (tertiary/aromatic N) is 3. The molecule has 2 aromatic carbocycles. The molecule has 0 radical (unpaired) electrons. The van der Waals surface area contributed by atoms with Crippen LogP contribution in [0.4, 0.5) is 11.4 Å². The smallest absolute Gasteiger partial charge is 0.0961 e. The van der Waals surface area contributed by atoms with Crippen molar-refractivity contribution in [2.24, 2.45) is 9.98 Å². The van der Waals surface area contributed by atoms with E-state index in [-0.39, 0.29) is 0 Å². The molecule has 0 unspecified atom stereocenters. The van der Waals surface area contributed by atoms with Crippen LogP contribution < -0.4 is 0 Å². The monoisotopic (exact) mass is 293 g/mol. The van der Waals surface area contributed by atoms with Crippen LogP contribution in [0.1, 0.15) is 22.3 Å². The Bertz CT molecular complexity index is 613. The highest BCUT2D eigenvalue weighted by Crippen LogP contribution is 2.17. The maximum Gasteiger partial charge on any atom is 0.0961 e. The molecule has 0 bridgehead atoms. The Labute approximate surface area is 133 Å². The lowest BCUT2D eigenvalue weighted by atomic mass is 10.1. The van der Waals surface area contributed by atoms with Gasteiger partial charge >= 0.3 is 0 Å². The first-order valence-electron chi connectivity index (χ1n) is 7.39. The molecule has 0 saturated heterocycles. The van der Waals surface area contributed by atoms with E-state index in [0.717, 1.165) is 11.4 Å². The van der Waals surface area contributed by atoms with Gasteiger partial charge in [-0.1, -0.05) is 12.1 Å². The van der Waals surface area contributed by atoms with Gasteiger partial charge in [0.05, 0.1) is 24.1 Å². The molecule has 3 nitrogen and oxygen atoms in total. The van der Waals surface area contributed by atoms with Crippen molar-refractivity contribution in [2.75, 3.05) is 7.05 Å². The molecule has 0 atom stereocenters. The Balaban J connectivity index is 2.07. The molecule has 114 valence electrons. The number of aryl methyl sites for hydroxylation is 4. The minimum atomic E-state index is 0.962. The zero-order valence-corrected chi connectivity index (χ0v) is 14.0. The van der Waals surface area contributed by atoms with Gasteiger partial charge < -0.3 is 4.90 Å². The van der Waals surface area contributed by atoms with Gasteiger partial charge in [0.1, 0.15) is 0 Å². The fraction of sp³-hybridized carbons (Fsp3) is 0.263. The lowest BCUT2D eigenvalue weighted by molar-refractivity contribution is 0.802. The van der Waals surface area contributed by atoms with Crippen LogP contribution in [0.2, 0.25) is 0 Å². The Kier molecular flexibility index (Phi) is 5.10. The van der Waals surface area contributed by atoms with Crippen molar-refractivity contribution in [3.05, 3.63) is 58.7 Å². The molecule has 0 amide bonds. The first kappa shape index (κ1) is 16.0. The molecule has 0 heterocycles. The van der Waals surface area contributed by atoms with E-state index < -0.39 is 0 Å². The Hall–Kier alpha value is -2.42. The lowest BCUT2D eigenvalue weighted by Gasteiger charge is -2.06. The summed E-state index contributed by atoms with van der Waals surface area (Å²) in [6.07, 6.45) is 3.56. The zero-order valence-electron chi connectivity index (χ0n) is 14.0. The van der Waals surface area contributed by atoms with E-state index in [2.05, 4.69) is 74.1 Å². The maximum atomic E-state index is 4.48. The van der Waals surface area contributed by atoms with E-state index in [0.29, 0.717) is 0 Å². The summed E-state index contributed by atoms with van der Waals surface area (Å²) in [5, 5.41) is 0. The summed E-state index contributed by atoms with van der Waals surface area (Å²) >= 11 is 0. The van der Waals surface area contributed by atoms with Gasteiger partial charge in [-0.3, -0.25) is 0 Å². The van der Waals surface area contributed by atoms with Gasteiger partial charge in [0, 0.05) is 7.05 Å². The molecule has 0 aliphatic rings. The highest BCUT2D eigenvalue weighted by molar-refractivity contribution is 5.78. The van der Waals surface area contributed by atoms with Crippen LogP contribution in [-0.2, 0) is 0 Å². The van der Waals surface area contributed by atoms with Gasteiger partial charge in [-0.2, -0.15) is 0 Å². The second-order valence-electron chi connectivity index (χ2n) is 5.85. The van der Waals surface area contributed by atoms with Crippen LogP contribution in [0.25, 0.3) is 0 Å². The summed E-state index contributed by atoms with van der Waals surface area (Å²) in [5.74, 6) is 0. The molecule has 0 spiro atoms. The molecule has 22 heavy (non-hydrogen) atoms. The van der Waals surface area contributed by atoms with E-state index >= 15 is 0 Å². The third kappa shape index (κ3) is 4.85. The second kappa shape index (κ2) is 7.03. The molecule has 0 aliphatic carbocycles. The van der Waals surface area contributed by atoms with Crippen LogP contribution >= 0.6 is 0 Å². The highest BCUT2D eigenvalue weighted by atomic mass is 15.1. The average Bonchev–Trinajstić information content (AvgIpc) is 2.41. The van der Waals surface area contributed by atoms with E-state index in [4.69, 9.17) is 0 Å². The fourth-order valence-corrected chi connectivity index (χ4v) is 2.40. The van der Waals surface area contributed by atoms with Gasteiger partial charge in [-0.05, 0) is 74.2 Å². The minimum Gasteiger partial charge on any atom is -0.326 e. The standard InChI is InChI=1S/C19H23N3/c1-14-6-15(2)9-18(8-14)20-12-22(5)13-21-19-10-16(3)7-17(4)11-19/h6-13H,1-5H3. The maximum absolute atomic E-state index is 4.48. The third-order valence-corrected chi connectivity index (χ3v) is 3.19. The van der Waals surface area contributed by atoms with Gasteiger partial charge in [-0.25, -0.2) is 9.98 Å². The highest BCUT2D eigenvalue weighted by Gasteiger charge is 1.95. The summed E-state index contributed by atoms with van der Waals surface area (Å²) in [7, 11) is 1.93. The summed E-state index contributed by atoms with van der Waals surface area (Å²) in [6.45, 7) is 8.32. The van der Waals surface area contributed by atoms with Crippen LogP contribution in [0.15, 0.2) is 46.4 Å². The Morgan fingerprint density at radius 3 is 1.27 bits per heavy atom. The fourth-order valence-electron chi connectivity index (χ4n) is 2.40. The molecule has 2 rings (SSSR count). The SMILES string of the molecule is Cc1cc(C)cc(N=CN(C)C=Nc2cc(C)cc(C)c2)c1. The summed E-state index contributed by atoms with van der Waals surface area (Å²) in [5.41, 5.74) is 6.81. The van der Waals surface area contributed by atoms with E-state index in [1.807, 2.05) is 11.9 Å². The van der Waals surface area contributed by atoms with Crippen molar-refractivity contribution < 1.29 is 0 Å². The van der Waals surface area contributed by atoms with Crippen LogP contribution in [0.3, 0.4) is 0 Å². The van der Waals surface area contributed by atoms with Crippen LogP contribution in [-0.4, -0.2) is 24.6 Å². The largest absolute Gasteiger partial charge is 0.326 e. The molecule has 0 fully saturated rings. The molecule has 0 aromatic heterocycles. The molecule has 2 aromatic rings. The van der Waals surface area contributed by atoms with Crippen molar-refractivity contribution in [3.8, 4) is 0 Å². The Morgan fingerprint density at radius 2 is 0.955 bits per heavy atom. The first-order chi connectivity index (χ1) is 10.4. The average molecular weight is 293 g/mol. The van der Waals surface area contributed by atoms with Crippen LogP contribution in [0, 0.1) is 27.7 Å². The normalized spacial score (nSPS) is 11.5. The van der Waals surface area contributed by atoms with Crippen molar-refractivity contribution in [3.63, 3.8) is 0 Å². The predicted octanol–water partition coefficient (Wildman–Crippen LogP) is 4.87. The van der Waals surface area contributed by atoms with E-state index in [9.17, 15) is 0 Å². The number of benzene rings is 2. The molecule has 3 heteroatoms. The first-order valence-corrected chi connectivity index (χ1v) is 7.39. The molecule has 0 N–H and O–H groups in total. The number of hydrogen-bond acceptors (Lipinski definition) is 2. The molecular formula is C19H23N3. The summed E-state index contributed by atoms with van der Waals surface area (Å²) < 4.78 is 0. The summed E-state index contributed by atoms with van der Waals surface area (Å²) in [4.78, 5) is 10.8. The predicted molar refractivity (Wildman–Crippen MR) is 95.9 cm³/mol. The van der Waals surface area contributed by atoms with Crippen molar-refractivity contribution in [1.29, 1.82) is 0 Å². The van der Waals surface area contributed by atoms with E-state index in [1.165, 1.54) is 22.3 Å². The van der Waals surface area contributed by atoms with Crippen LogP contribution in [0.5, 0.6) is 0 Å². The minimum absolute atomic E-state index is 0.962. The van der Waals surface area contributed by atoms with Gasteiger partial charge in [-0.15, -0.1) is 0 Å². The van der Waals surface area contributed by atoms with Gasteiger partial charge in [0.2, 0.25) is 0 Å². The van der Waals surface area contributed by atoms with Gasteiger partial charge in [0.15, 0.2) is 0 Å². The van der Waals surface area contributed by atoms with Crippen molar-refractivity contribution >= 4 is 24.1 Å². The second-order valence-corrected chi connectivity index (χ2v) is 5.85. The number of aliphatic imine (C=N–C) groups is 2. The Morgan fingerprint density at radius 1 is 0.636 bits per heavy atom. The van der Waals surface area contributed by atoms with Crippen molar-refractivity contribution in [1.82, 2.24) is 4.90 Å². The third-order valence-electron chi connectivity index (χ3n) is 3.19. The number of rotatable bonds is 4. The zero-order chi connectivity index (χ0) is 16.1. The van der Waals surface area contributed by atoms with E-state index in [1.54, 1.807) is 12.7 Å². The molecule has 0 saturated carbocycles. The van der Waals surface area contributed by atoms with Gasteiger partial charge in [0.25, 0.3) is 0 Å². The quantitative estimate of drug-likeness (QED) is 0.583. The lowest BCUT2D eigenvalue weighted by Crippen LogP contribution is -2.12. The molecular weight excluding hydrogens is 270 g/mol. The summed E-state index contributed by atoms with van der Waals surface area (Å²) in [6, 6.07) is 12.6. The topological polar surface area (TPSA) is 28.0 Å². The molecule has 0 aliphatic heterocycles. The number of hydrogen-bond donors (Lipinski definition) is 0.